The number of methoxy groups -OCH3 is 1. The molecule has 30 heavy (non-hydrogen) atoms. The monoisotopic (exact) mass is 422 g/mol. The number of nitrogens with one attached hydrogen (secondary N) is 1. The summed E-state index contributed by atoms with van der Waals surface area (Å²) in [6.45, 7) is 0.535. The smallest absolute Gasteiger partial charge is 0.274 e. The van der Waals surface area contributed by atoms with E-state index in [0.717, 1.165) is 16.9 Å². The number of ether oxygens (including phenoxy) is 1. The normalized spacial score (nSPS) is 10.7. The Morgan fingerprint density at radius 2 is 2.03 bits per heavy atom. The highest BCUT2D eigenvalue weighted by Gasteiger charge is 2.15. The van der Waals surface area contributed by atoms with Crippen LogP contribution in [0.5, 0.6) is 5.75 Å². The molecule has 2 heterocycles. The van der Waals surface area contributed by atoms with Crippen molar-refractivity contribution < 1.29 is 14.1 Å². The lowest BCUT2D eigenvalue weighted by Crippen LogP contribution is -2.27. The van der Waals surface area contributed by atoms with Crippen molar-refractivity contribution in [3.8, 4) is 28.7 Å². The van der Waals surface area contributed by atoms with Gasteiger partial charge in [0.1, 0.15) is 18.0 Å². The first-order valence-corrected chi connectivity index (χ1v) is 9.65. The predicted octanol–water partition coefficient (Wildman–Crippen LogP) is 4.18. The van der Waals surface area contributed by atoms with Gasteiger partial charge in [-0.05, 0) is 42.0 Å². The number of aromatic nitrogens is 3. The standard InChI is InChI=1S/C22H19ClN4O3/c1-29-18-8-2-5-15(11-18)13-24-20(28)14-27-10-4-9-19(27)22-25-21(26-30-22)16-6-3-7-17(23)12-16/h2-12H,13-14H2,1H3,(H,24,28). The van der Waals surface area contributed by atoms with Crippen LogP contribution in [0.2, 0.25) is 5.02 Å². The van der Waals surface area contributed by atoms with Gasteiger partial charge < -0.3 is 19.1 Å². The van der Waals surface area contributed by atoms with E-state index >= 15 is 0 Å². The lowest BCUT2D eigenvalue weighted by molar-refractivity contribution is -0.121. The average molecular weight is 423 g/mol. The van der Waals surface area contributed by atoms with Crippen LogP contribution < -0.4 is 10.1 Å². The van der Waals surface area contributed by atoms with Crippen molar-refractivity contribution in [1.29, 1.82) is 0 Å². The third-order valence-electron chi connectivity index (χ3n) is 4.50. The van der Waals surface area contributed by atoms with Gasteiger partial charge in [0, 0.05) is 23.3 Å². The highest BCUT2D eigenvalue weighted by Crippen LogP contribution is 2.24. The molecule has 0 bridgehead atoms. The summed E-state index contributed by atoms with van der Waals surface area (Å²) in [6, 6.07) is 18.4. The Labute approximate surface area is 178 Å². The van der Waals surface area contributed by atoms with Crippen molar-refractivity contribution in [1.82, 2.24) is 20.0 Å². The summed E-state index contributed by atoms with van der Waals surface area (Å²) in [5.41, 5.74) is 2.37. The third-order valence-corrected chi connectivity index (χ3v) is 4.73. The van der Waals surface area contributed by atoms with Gasteiger partial charge in [-0.15, -0.1) is 0 Å². The summed E-state index contributed by atoms with van der Waals surface area (Å²) >= 11 is 6.03. The molecule has 4 aromatic rings. The Morgan fingerprint density at radius 1 is 1.17 bits per heavy atom. The molecule has 2 aromatic heterocycles. The SMILES string of the molecule is COc1cccc(CNC(=O)Cn2cccc2-c2nc(-c3cccc(Cl)c3)no2)c1. The fraction of sp³-hybridized carbons (Fsp3) is 0.136. The molecule has 0 atom stereocenters. The Hall–Kier alpha value is -3.58. The van der Waals surface area contributed by atoms with Crippen LogP contribution in [0.3, 0.4) is 0 Å². The number of rotatable bonds is 7. The molecule has 0 aliphatic rings. The molecular formula is C22H19ClN4O3. The van der Waals surface area contributed by atoms with E-state index < -0.39 is 0 Å². The van der Waals surface area contributed by atoms with Crippen molar-refractivity contribution in [2.24, 2.45) is 0 Å². The number of halogens is 1. The van der Waals surface area contributed by atoms with E-state index in [1.807, 2.05) is 48.5 Å². The molecule has 7 nitrogen and oxygen atoms in total. The van der Waals surface area contributed by atoms with Crippen molar-refractivity contribution in [2.45, 2.75) is 13.1 Å². The number of carbonyl (C=O) groups excluding carboxylic acids is 1. The molecule has 1 N–H and O–H groups in total. The largest absolute Gasteiger partial charge is 0.497 e. The lowest BCUT2D eigenvalue weighted by atomic mass is 10.2. The van der Waals surface area contributed by atoms with Crippen LogP contribution in [-0.4, -0.2) is 27.7 Å². The fourth-order valence-corrected chi connectivity index (χ4v) is 3.20. The van der Waals surface area contributed by atoms with E-state index in [2.05, 4.69) is 15.5 Å². The van der Waals surface area contributed by atoms with E-state index in [-0.39, 0.29) is 12.5 Å². The zero-order chi connectivity index (χ0) is 20.9. The van der Waals surface area contributed by atoms with Crippen molar-refractivity contribution in [3.63, 3.8) is 0 Å². The minimum atomic E-state index is -0.134. The first kappa shape index (κ1) is 19.7. The maximum absolute atomic E-state index is 12.4. The van der Waals surface area contributed by atoms with Crippen LogP contribution in [0.15, 0.2) is 71.4 Å². The molecular weight excluding hydrogens is 404 g/mol. The van der Waals surface area contributed by atoms with Gasteiger partial charge in [-0.1, -0.05) is 41.0 Å². The molecule has 2 aromatic carbocycles. The van der Waals surface area contributed by atoms with Crippen molar-refractivity contribution >= 4 is 17.5 Å². The summed E-state index contributed by atoms with van der Waals surface area (Å²) < 4.78 is 12.4. The molecule has 0 spiro atoms. The van der Waals surface area contributed by atoms with Gasteiger partial charge in [-0.25, -0.2) is 0 Å². The van der Waals surface area contributed by atoms with Gasteiger partial charge in [0.2, 0.25) is 11.7 Å². The third kappa shape index (κ3) is 4.52. The highest BCUT2D eigenvalue weighted by molar-refractivity contribution is 6.30. The Bertz CT molecular complexity index is 1170. The Balaban J connectivity index is 1.44. The summed E-state index contributed by atoms with van der Waals surface area (Å²) in [6.07, 6.45) is 1.80. The molecule has 152 valence electrons. The van der Waals surface area contributed by atoms with E-state index in [9.17, 15) is 4.79 Å². The van der Waals surface area contributed by atoms with Crippen LogP contribution in [-0.2, 0) is 17.9 Å². The fourth-order valence-electron chi connectivity index (χ4n) is 3.01. The number of nitrogens with zero attached hydrogens (tertiary/aromatic N) is 3. The molecule has 0 aliphatic carbocycles. The second-order valence-electron chi connectivity index (χ2n) is 6.58. The van der Waals surface area contributed by atoms with Crippen LogP contribution in [0, 0.1) is 0 Å². The number of carbonyl (C=O) groups is 1. The van der Waals surface area contributed by atoms with Crippen LogP contribution >= 0.6 is 11.6 Å². The molecule has 0 fully saturated rings. The predicted molar refractivity (Wildman–Crippen MR) is 113 cm³/mol. The van der Waals surface area contributed by atoms with Crippen LogP contribution in [0.4, 0.5) is 0 Å². The molecule has 1 amide bonds. The molecule has 0 radical (unpaired) electrons. The second kappa shape index (κ2) is 8.84. The van der Waals surface area contributed by atoms with E-state index in [1.165, 1.54) is 0 Å². The minimum Gasteiger partial charge on any atom is -0.497 e. The highest BCUT2D eigenvalue weighted by atomic mass is 35.5. The molecule has 0 saturated heterocycles. The van der Waals surface area contributed by atoms with Gasteiger partial charge in [0.15, 0.2) is 0 Å². The molecule has 0 aliphatic heterocycles. The minimum absolute atomic E-state index is 0.126. The van der Waals surface area contributed by atoms with Gasteiger partial charge in [-0.2, -0.15) is 4.98 Å². The van der Waals surface area contributed by atoms with Crippen LogP contribution in [0.1, 0.15) is 5.56 Å². The number of benzene rings is 2. The maximum atomic E-state index is 12.4. The number of amides is 1. The molecule has 8 heteroatoms. The topological polar surface area (TPSA) is 82.2 Å². The van der Waals surface area contributed by atoms with E-state index in [4.69, 9.17) is 20.9 Å². The average Bonchev–Trinajstić information content (AvgIpc) is 3.42. The quantitative estimate of drug-likeness (QED) is 0.483. The van der Waals surface area contributed by atoms with E-state index in [1.54, 1.807) is 30.0 Å². The zero-order valence-electron chi connectivity index (χ0n) is 16.2. The summed E-state index contributed by atoms with van der Waals surface area (Å²) in [7, 11) is 1.61. The van der Waals surface area contributed by atoms with Crippen molar-refractivity contribution in [2.75, 3.05) is 7.11 Å². The van der Waals surface area contributed by atoms with Gasteiger partial charge in [0.05, 0.1) is 7.11 Å². The van der Waals surface area contributed by atoms with Gasteiger partial charge in [0.25, 0.3) is 5.89 Å². The number of hydrogen-bond acceptors (Lipinski definition) is 5. The summed E-state index contributed by atoms with van der Waals surface area (Å²) in [4.78, 5) is 16.9. The van der Waals surface area contributed by atoms with Crippen LogP contribution in [0.25, 0.3) is 23.0 Å². The maximum Gasteiger partial charge on any atom is 0.274 e. The first-order valence-electron chi connectivity index (χ1n) is 9.27. The van der Waals surface area contributed by atoms with E-state index in [0.29, 0.717) is 29.0 Å². The molecule has 0 saturated carbocycles. The first-order chi connectivity index (χ1) is 14.6. The summed E-state index contributed by atoms with van der Waals surface area (Å²) in [5.74, 6) is 1.38. The van der Waals surface area contributed by atoms with Crippen molar-refractivity contribution in [3.05, 3.63) is 77.4 Å². The zero-order valence-corrected chi connectivity index (χ0v) is 17.0. The van der Waals surface area contributed by atoms with Gasteiger partial charge in [-0.3, -0.25) is 4.79 Å². The second-order valence-corrected chi connectivity index (χ2v) is 7.02. The molecule has 4 rings (SSSR count). The Morgan fingerprint density at radius 3 is 2.87 bits per heavy atom. The lowest BCUT2D eigenvalue weighted by Gasteiger charge is -2.09. The van der Waals surface area contributed by atoms with Gasteiger partial charge >= 0.3 is 0 Å². The Kier molecular flexibility index (Phi) is 5.81. The molecule has 0 unspecified atom stereocenters. The summed E-state index contributed by atoms with van der Waals surface area (Å²) in [5, 5.41) is 7.53. The number of hydrogen-bond donors (Lipinski definition) is 1.